The molecule has 0 bridgehead atoms. The summed E-state index contributed by atoms with van der Waals surface area (Å²) in [5.74, 6) is 0.315. The van der Waals surface area contributed by atoms with Gasteiger partial charge >= 0.3 is 0 Å². The van der Waals surface area contributed by atoms with E-state index in [1.165, 1.54) is 16.7 Å². The lowest BCUT2D eigenvalue weighted by molar-refractivity contribution is 0.475. The third-order valence-corrected chi connectivity index (χ3v) is 3.14. The van der Waals surface area contributed by atoms with Gasteiger partial charge in [0.1, 0.15) is 5.75 Å². The van der Waals surface area contributed by atoms with Crippen molar-refractivity contribution in [3.8, 4) is 5.75 Å². The largest absolute Gasteiger partial charge is 0.508 e. The molecule has 1 N–H and O–H groups in total. The topological polar surface area (TPSA) is 20.2 Å². The highest BCUT2D eigenvalue weighted by Crippen LogP contribution is 2.20. The van der Waals surface area contributed by atoms with Crippen molar-refractivity contribution in [2.75, 3.05) is 0 Å². The maximum atomic E-state index is 9.21. The zero-order chi connectivity index (χ0) is 13.5. The molecule has 0 aromatic heterocycles. The highest BCUT2D eigenvalue weighted by molar-refractivity contribution is 9.10. The minimum Gasteiger partial charge on any atom is -0.508 e. The Hall–Kier alpha value is -1.28. The number of aromatic hydroxyl groups is 1. The summed E-state index contributed by atoms with van der Waals surface area (Å²) in [6.07, 6.45) is 0.894. The van der Waals surface area contributed by atoms with Gasteiger partial charge in [0.05, 0.1) is 0 Å². The zero-order valence-electron chi connectivity index (χ0n) is 11.1. The van der Waals surface area contributed by atoms with Crippen LogP contribution < -0.4 is 0 Å². The van der Waals surface area contributed by atoms with Gasteiger partial charge in [-0.1, -0.05) is 48.0 Å². The van der Waals surface area contributed by atoms with Crippen LogP contribution in [-0.2, 0) is 6.42 Å². The number of phenols is 1. The van der Waals surface area contributed by atoms with Gasteiger partial charge in [0, 0.05) is 4.47 Å². The molecule has 1 nitrogen and oxygen atoms in total. The first kappa shape index (κ1) is 14.8. The normalized spacial score (nSPS) is 9.56. The Morgan fingerprint density at radius 1 is 1.00 bits per heavy atom. The number of aryl methyl sites for hydroxylation is 1. The van der Waals surface area contributed by atoms with Crippen LogP contribution in [0.2, 0.25) is 0 Å². The number of hydrogen-bond acceptors (Lipinski definition) is 1. The Balaban J connectivity index is 0.000000771. The number of benzene rings is 2. The maximum Gasteiger partial charge on any atom is 0.115 e. The quantitative estimate of drug-likeness (QED) is 0.820. The van der Waals surface area contributed by atoms with Gasteiger partial charge in [0.2, 0.25) is 0 Å². The van der Waals surface area contributed by atoms with E-state index in [4.69, 9.17) is 0 Å². The summed E-state index contributed by atoms with van der Waals surface area (Å²) < 4.78 is 1.10. The first-order valence-corrected chi connectivity index (χ1v) is 6.97. The molecule has 0 amide bonds. The fourth-order valence-corrected chi connectivity index (χ4v) is 2.07. The minimum absolute atomic E-state index is 0.315. The molecule has 0 aliphatic heterocycles. The molecule has 0 atom stereocenters. The van der Waals surface area contributed by atoms with E-state index in [1.54, 1.807) is 12.1 Å². The third kappa shape index (κ3) is 4.19. The maximum absolute atomic E-state index is 9.21. The van der Waals surface area contributed by atoms with Crippen LogP contribution in [-0.4, -0.2) is 5.11 Å². The van der Waals surface area contributed by atoms with Gasteiger partial charge in [-0.2, -0.15) is 0 Å². The van der Waals surface area contributed by atoms with Crippen LogP contribution in [0.25, 0.3) is 0 Å². The molecule has 0 spiro atoms. The Morgan fingerprint density at radius 2 is 1.61 bits per heavy atom. The van der Waals surface area contributed by atoms with Crippen molar-refractivity contribution < 1.29 is 5.11 Å². The fourth-order valence-electron chi connectivity index (χ4n) is 1.66. The van der Waals surface area contributed by atoms with Crippen molar-refractivity contribution >= 4 is 15.9 Å². The summed E-state index contributed by atoms with van der Waals surface area (Å²) in [6, 6.07) is 13.7. The van der Waals surface area contributed by atoms with Crippen molar-refractivity contribution in [2.24, 2.45) is 0 Å². The molecule has 2 aromatic rings. The Bertz CT molecular complexity index is 489. The highest BCUT2D eigenvalue weighted by Gasteiger charge is 2.01. The van der Waals surface area contributed by atoms with E-state index in [2.05, 4.69) is 41.1 Å². The Labute approximate surface area is 118 Å². The molecule has 0 fully saturated rings. The van der Waals surface area contributed by atoms with Gasteiger partial charge in [-0.25, -0.2) is 0 Å². The first-order valence-electron chi connectivity index (χ1n) is 6.18. The second-order valence-electron chi connectivity index (χ2n) is 3.91. The van der Waals surface area contributed by atoms with Crippen molar-refractivity contribution in [2.45, 2.75) is 27.2 Å². The first-order chi connectivity index (χ1) is 8.65. The van der Waals surface area contributed by atoms with Gasteiger partial charge in [0.25, 0.3) is 0 Å². The second kappa shape index (κ2) is 7.22. The van der Waals surface area contributed by atoms with Gasteiger partial charge in [0.15, 0.2) is 0 Å². The molecule has 2 heteroatoms. The number of phenolic OH excluding ortho intramolecular Hbond substituents is 1. The van der Waals surface area contributed by atoms with Gasteiger partial charge < -0.3 is 5.11 Å². The van der Waals surface area contributed by atoms with Crippen LogP contribution in [0.15, 0.2) is 46.9 Å². The van der Waals surface area contributed by atoms with Gasteiger partial charge in [-0.15, -0.1) is 0 Å². The van der Waals surface area contributed by atoms with Crippen LogP contribution in [0.5, 0.6) is 5.75 Å². The number of halogens is 1. The predicted molar refractivity (Wildman–Crippen MR) is 81.1 cm³/mol. The molecule has 0 radical (unpaired) electrons. The molecule has 18 heavy (non-hydrogen) atoms. The lowest BCUT2D eigenvalue weighted by atomic mass is 10.0. The Morgan fingerprint density at radius 3 is 2.22 bits per heavy atom. The average Bonchev–Trinajstić information content (AvgIpc) is 2.39. The van der Waals surface area contributed by atoms with Gasteiger partial charge in [-0.3, -0.25) is 0 Å². The molecular formula is C16H19BrO. The van der Waals surface area contributed by atoms with Crippen LogP contribution in [0.1, 0.15) is 30.5 Å². The second-order valence-corrected chi connectivity index (χ2v) is 4.83. The Kier molecular flexibility index (Phi) is 5.93. The predicted octanol–water partition coefficient (Wildman–Crippen LogP) is 5.08. The SMILES string of the molecule is CC.Cc1ccc(Br)cc1Cc1ccc(O)cc1. The van der Waals surface area contributed by atoms with Crippen molar-refractivity contribution in [1.82, 2.24) is 0 Å². The van der Waals surface area contributed by atoms with E-state index in [0.717, 1.165) is 10.9 Å². The van der Waals surface area contributed by atoms with Crippen LogP contribution in [0.4, 0.5) is 0 Å². The lowest BCUT2D eigenvalue weighted by Crippen LogP contribution is -1.91. The summed E-state index contributed by atoms with van der Waals surface area (Å²) in [4.78, 5) is 0. The summed E-state index contributed by atoms with van der Waals surface area (Å²) in [5.41, 5.74) is 3.80. The smallest absolute Gasteiger partial charge is 0.115 e. The van der Waals surface area contributed by atoms with E-state index in [-0.39, 0.29) is 0 Å². The molecule has 0 unspecified atom stereocenters. The molecule has 2 rings (SSSR count). The summed E-state index contributed by atoms with van der Waals surface area (Å²) >= 11 is 3.48. The van der Waals surface area contributed by atoms with E-state index >= 15 is 0 Å². The molecule has 0 heterocycles. The fraction of sp³-hybridized carbons (Fsp3) is 0.250. The molecule has 0 aliphatic rings. The summed E-state index contributed by atoms with van der Waals surface area (Å²) in [5, 5.41) is 9.21. The molecule has 0 saturated heterocycles. The summed E-state index contributed by atoms with van der Waals surface area (Å²) in [6.45, 7) is 6.11. The van der Waals surface area contributed by atoms with Crippen LogP contribution >= 0.6 is 15.9 Å². The monoisotopic (exact) mass is 306 g/mol. The minimum atomic E-state index is 0.315. The number of hydrogen-bond donors (Lipinski definition) is 1. The molecular weight excluding hydrogens is 288 g/mol. The number of rotatable bonds is 2. The van der Waals surface area contributed by atoms with E-state index in [9.17, 15) is 5.11 Å². The molecule has 2 aromatic carbocycles. The lowest BCUT2D eigenvalue weighted by Gasteiger charge is -2.06. The van der Waals surface area contributed by atoms with Crippen LogP contribution in [0, 0.1) is 6.92 Å². The summed E-state index contributed by atoms with van der Waals surface area (Å²) in [7, 11) is 0. The van der Waals surface area contributed by atoms with Crippen molar-refractivity contribution in [3.63, 3.8) is 0 Å². The molecule has 96 valence electrons. The highest BCUT2D eigenvalue weighted by atomic mass is 79.9. The zero-order valence-corrected chi connectivity index (χ0v) is 12.7. The van der Waals surface area contributed by atoms with Crippen molar-refractivity contribution in [3.05, 3.63) is 63.6 Å². The van der Waals surface area contributed by atoms with Crippen LogP contribution in [0.3, 0.4) is 0 Å². The van der Waals surface area contributed by atoms with E-state index in [1.807, 2.05) is 26.0 Å². The van der Waals surface area contributed by atoms with Gasteiger partial charge in [-0.05, 0) is 54.3 Å². The average molecular weight is 307 g/mol. The van der Waals surface area contributed by atoms with E-state index < -0.39 is 0 Å². The van der Waals surface area contributed by atoms with Crippen molar-refractivity contribution in [1.29, 1.82) is 0 Å². The third-order valence-electron chi connectivity index (χ3n) is 2.64. The molecule has 0 saturated carbocycles. The standard InChI is InChI=1S/C14H13BrO.C2H6/c1-10-2-5-13(15)9-12(10)8-11-3-6-14(16)7-4-11;1-2/h2-7,9,16H,8H2,1H3;1-2H3. The van der Waals surface area contributed by atoms with E-state index in [0.29, 0.717) is 5.75 Å². The molecule has 0 aliphatic carbocycles.